The summed E-state index contributed by atoms with van der Waals surface area (Å²) >= 11 is 0. The zero-order chi connectivity index (χ0) is 21.8. The number of aromatic nitrogens is 1. The molecule has 2 unspecified atom stereocenters. The van der Waals surface area contributed by atoms with Gasteiger partial charge in [0.15, 0.2) is 0 Å². The first-order valence-corrected chi connectivity index (χ1v) is 11.3. The van der Waals surface area contributed by atoms with Crippen LogP contribution in [0, 0.1) is 0 Å². The summed E-state index contributed by atoms with van der Waals surface area (Å²) in [5, 5.41) is 3.38. The van der Waals surface area contributed by atoms with Crippen LogP contribution in [-0.4, -0.2) is 45.7 Å². The van der Waals surface area contributed by atoms with E-state index < -0.39 is 6.04 Å². The molecule has 4 aromatic rings. The van der Waals surface area contributed by atoms with Crippen LogP contribution in [0.25, 0.3) is 21.7 Å². The number of para-hydroxylation sites is 1. The number of hydrogen-bond acceptors (Lipinski definition) is 2. The first-order valence-electron chi connectivity index (χ1n) is 11.3. The number of hydrogen-bond donors (Lipinski definition) is 1. The molecule has 2 amide bonds. The second kappa shape index (κ2) is 7.23. The number of carbonyl (C=O) groups is 2. The molecule has 1 fully saturated rings. The number of H-pyrrole nitrogens is 1. The first kappa shape index (κ1) is 19.1. The fourth-order valence-electron chi connectivity index (χ4n) is 5.60. The molecule has 0 saturated carbocycles. The van der Waals surface area contributed by atoms with Gasteiger partial charge in [-0.1, -0.05) is 67.6 Å². The van der Waals surface area contributed by atoms with Crippen molar-refractivity contribution in [3.05, 3.63) is 83.6 Å². The van der Waals surface area contributed by atoms with E-state index in [9.17, 15) is 9.59 Å². The highest BCUT2D eigenvalue weighted by Gasteiger charge is 2.48. The number of carbonyl (C=O) groups excluding carboxylic acids is 2. The molecular weight excluding hydrogens is 398 g/mol. The van der Waals surface area contributed by atoms with Crippen LogP contribution in [0.1, 0.15) is 36.2 Å². The molecule has 0 aliphatic carbocycles. The molecule has 2 aliphatic heterocycles. The minimum atomic E-state index is -0.474. The summed E-state index contributed by atoms with van der Waals surface area (Å²) in [6.45, 7) is 2.82. The molecule has 32 heavy (non-hydrogen) atoms. The van der Waals surface area contributed by atoms with Crippen LogP contribution in [0.5, 0.6) is 0 Å². The van der Waals surface area contributed by atoms with Crippen molar-refractivity contribution in [1.82, 2.24) is 14.8 Å². The van der Waals surface area contributed by atoms with Gasteiger partial charge in [-0.25, -0.2) is 0 Å². The summed E-state index contributed by atoms with van der Waals surface area (Å²) < 4.78 is 0. The number of benzene rings is 3. The van der Waals surface area contributed by atoms with Crippen molar-refractivity contribution in [3.63, 3.8) is 0 Å². The predicted octanol–water partition coefficient (Wildman–Crippen LogP) is 4.42. The van der Waals surface area contributed by atoms with E-state index in [1.165, 1.54) is 0 Å². The quantitative estimate of drug-likeness (QED) is 0.530. The van der Waals surface area contributed by atoms with Gasteiger partial charge in [-0.3, -0.25) is 9.59 Å². The molecule has 0 radical (unpaired) electrons. The Morgan fingerprint density at radius 3 is 2.53 bits per heavy atom. The summed E-state index contributed by atoms with van der Waals surface area (Å²) in [5.41, 5.74) is 4.29. The molecule has 1 aromatic heterocycles. The van der Waals surface area contributed by atoms with E-state index in [2.05, 4.69) is 41.4 Å². The second-order valence-electron chi connectivity index (χ2n) is 8.81. The van der Waals surface area contributed by atoms with Crippen LogP contribution in [0.2, 0.25) is 0 Å². The normalized spacial score (nSPS) is 20.7. The second-order valence-corrected chi connectivity index (χ2v) is 8.81. The number of piperazine rings is 1. The average Bonchev–Trinajstić information content (AvgIpc) is 3.19. The van der Waals surface area contributed by atoms with E-state index >= 15 is 0 Å². The van der Waals surface area contributed by atoms with Gasteiger partial charge in [0.1, 0.15) is 6.04 Å². The van der Waals surface area contributed by atoms with Crippen molar-refractivity contribution >= 4 is 33.5 Å². The van der Waals surface area contributed by atoms with E-state index in [0.717, 1.165) is 44.9 Å². The zero-order valence-electron chi connectivity index (χ0n) is 18.0. The molecule has 3 aromatic carbocycles. The largest absolute Gasteiger partial charge is 0.356 e. The molecule has 160 valence electrons. The van der Waals surface area contributed by atoms with Crippen molar-refractivity contribution in [1.29, 1.82) is 0 Å². The van der Waals surface area contributed by atoms with Crippen LogP contribution in [0.15, 0.2) is 66.7 Å². The van der Waals surface area contributed by atoms with Gasteiger partial charge >= 0.3 is 0 Å². The molecule has 5 heteroatoms. The van der Waals surface area contributed by atoms with Gasteiger partial charge in [-0.05, 0) is 34.4 Å². The predicted molar refractivity (Wildman–Crippen MR) is 125 cm³/mol. The number of nitrogens with one attached hydrogen (secondary N) is 1. The molecule has 3 heterocycles. The summed E-state index contributed by atoms with van der Waals surface area (Å²) in [6, 6.07) is 21.9. The highest BCUT2D eigenvalue weighted by molar-refractivity contribution is 5.98. The maximum absolute atomic E-state index is 13.5. The standard InChI is InChI=1S/C27H25N3O2/c1-2-14-29-16-24(31)30-23(27(29)32)15-21-19-11-5-6-13-22(19)28-25(21)26(30)20-12-7-9-17-8-3-4-10-18(17)20/h3-13,23,26,28H,2,14-16H2,1H3. The fraction of sp³-hybridized carbons (Fsp3) is 0.259. The smallest absolute Gasteiger partial charge is 0.246 e. The molecule has 2 atom stereocenters. The van der Waals surface area contributed by atoms with Crippen molar-refractivity contribution in [2.24, 2.45) is 0 Å². The zero-order valence-corrected chi connectivity index (χ0v) is 18.0. The number of aromatic amines is 1. The highest BCUT2D eigenvalue weighted by atomic mass is 16.2. The molecule has 1 N–H and O–H groups in total. The monoisotopic (exact) mass is 423 g/mol. The number of nitrogens with zero attached hydrogens (tertiary/aromatic N) is 2. The highest BCUT2D eigenvalue weighted by Crippen LogP contribution is 2.44. The molecular formula is C27H25N3O2. The maximum Gasteiger partial charge on any atom is 0.246 e. The van der Waals surface area contributed by atoms with Gasteiger partial charge in [-0.15, -0.1) is 0 Å². The molecule has 2 aliphatic rings. The number of fused-ring (bicyclic) bond motifs is 5. The van der Waals surface area contributed by atoms with Gasteiger partial charge < -0.3 is 14.8 Å². The van der Waals surface area contributed by atoms with E-state index in [-0.39, 0.29) is 24.4 Å². The van der Waals surface area contributed by atoms with Crippen LogP contribution < -0.4 is 0 Å². The summed E-state index contributed by atoms with van der Waals surface area (Å²) in [6.07, 6.45) is 1.39. The van der Waals surface area contributed by atoms with Gasteiger partial charge in [0, 0.05) is 29.6 Å². The molecule has 6 rings (SSSR count). The molecule has 1 saturated heterocycles. The maximum atomic E-state index is 13.5. The lowest BCUT2D eigenvalue weighted by molar-refractivity contribution is -0.158. The van der Waals surface area contributed by atoms with Gasteiger partial charge in [0.25, 0.3) is 0 Å². The summed E-state index contributed by atoms with van der Waals surface area (Å²) in [7, 11) is 0. The van der Waals surface area contributed by atoms with Crippen molar-refractivity contribution < 1.29 is 9.59 Å². The minimum absolute atomic E-state index is 0.0188. The van der Waals surface area contributed by atoms with Crippen LogP contribution >= 0.6 is 0 Å². The third kappa shape index (κ3) is 2.70. The van der Waals surface area contributed by atoms with Crippen LogP contribution in [0.4, 0.5) is 0 Å². The van der Waals surface area contributed by atoms with Crippen molar-refractivity contribution in [2.45, 2.75) is 31.8 Å². The third-order valence-electron chi connectivity index (χ3n) is 6.95. The van der Waals surface area contributed by atoms with Crippen LogP contribution in [0.3, 0.4) is 0 Å². The Kier molecular flexibility index (Phi) is 4.32. The lowest BCUT2D eigenvalue weighted by atomic mass is 9.84. The van der Waals surface area contributed by atoms with E-state index in [1.54, 1.807) is 4.90 Å². The minimum Gasteiger partial charge on any atom is -0.356 e. The number of rotatable bonds is 3. The third-order valence-corrected chi connectivity index (χ3v) is 6.95. The summed E-state index contributed by atoms with van der Waals surface area (Å²) in [5.74, 6) is 0.0814. The average molecular weight is 424 g/mol. The van der Waals surface area contributed by atoms with E-state index in [0.29, 0.717) is 13.0 Å². The molecule has 5 nitrogen and oxygen atoms in total. The Hall–Kier alpha value is -3.60. The van der Waals surface area contributed by atoms with Crippen LogP contribution in [-0.2, 0) is 16.0 Å². The Morgan fingerprint density at radius 1 is 0.938 bits per heavy atom. The van der Waals surface area contributed by atoms with Gasteiger partial charge in [0.05, 0.1) is 12.6 Å². The molecule has 0 bridgehead atoms. The van der Waals surface area contributed by atoms with Gasteiger partial charge in [-0.2, -0.15) is 0 Å². The van der Waals surface area contributed by atoms with E-state index in [4.69, 9.17) is 0 Å². The Balaban J connectivity index is 1.61. The van der Waals surface area contributed by atoms with E-state index in [1.807, 2.05) is 42.2 Å². The van der Waals surface area contributed by atoms with Gasteiger partial charge in [0.2, 0.25) is 11.8 Å². The Morgan fingerprint density at radius 2 is 1.69 bits per heavy atom. The fourth-order valence-corrected chi connectivity index (χ4v) is 5.60. The topological polar surface area (TPSA) is 56.4 Å². The lowest BCUT2D eigenvalue weighted by Crippen LogP contribution is -2.63. The molecule has 0 spiro atoms. The SMILES string of the molecule is CCCN1CC(=O)N2C(Cc3c([nH]c4ccccc34)C2c2cccc3ccccc23)C1=O. The number of amides is 2. The van der Waals surface area contributed by atoms with Crippen molar-refractivity contribution in [2.75, 3.05) is 13.1 Å². The Bertz CT molecular complexity index is 1370. The lowest BCUT2D eigenvalue weighted by Gasteiger charge is -2.47. The summed E-state index contributed by atoms with van der Waals surface area (Å²) in [4.78, 5) is 34.3. The first-order chi connectivity index (χ1) is 15.7. The van der Waals surface area contributed by atoms with Crippen molar-refractivity contribution in [3.8, 4) is 0 Å². The Labute approximate surface area is 186 Å².